The van der Waals surface area contributed by atoms with Gasteiger partial charge in [-0.25, -0.2) is 9.97 Å². The number of aromatic nitrogens is 2. The lowest BCUT2D eigenvalue weighted by atomic mass is 9.95. The third kappa shape index (κ3) is 3.18. The van der Waals surface area contributed by atoms with Crippen molar-refractivity contribution >= 4 is 17.4 Å². The van der Waals surface area contributed by atoms with Crippen LogP contribution < -0.4 is 10.6 Å². The van der Waals surface area contributed by atoms with Crippen LogP contribution in [0.4, 0.5) is 11.6 Å². The molecule has 2 aromatic rings. The van der Waals surface area contributed by atoms with Crippen LogP contribution in [0, 0.1) is 5.92 Å². The van der Waals surface area contributed by atoms with E-state index in [0.717, 1.165) is 18.8 Å². The van der Waals surface area contributed by atoms with Crippen LogP contribution in [-0.2, 0) is 0 Å². The molecule has 0 spiro atoms. The van der Waals surface area contributed by atoms with Gasteiger partial charge in [-0.15, -0.1) is 0 Å². The third-order valence-corrected chi connectivity index (χ3v) is 4.46. The molecule has 0 unspecified atom stereocenters. The molecule has 1 aliphatic heterocycles. The van der Waals surface area contributed by atoms with Crippen molar-refractivity contribution < 1.29 is 4.79 Å². The molecule has 2 aromatic heterocycles. The van der Waals surface area contributed by atoms with Crippen molar-refractivity contribution in [3.63, 3.8) is 0 Å². The fourth-order valence-corrected chi connectivity index (χ4v) is 3.07. The SMILES string of the molecule is C[C@@H]1CC[C@H](C)N(c2cccc(C(=O)c3cccnc3N)n2)C1. The molecule has 3 rings (SSSR count). The van der Waals surface area contributed by atoms with Gasteiger partial charge >= 0.3 is 0 Å². The van der Waals surface area contributed by atoms with Crippen molar-refractivity contribution in [3.8, 4) is 0 Å². The number of anilines is 2. The van der Waals surface area contributed by atoms with Crippen LogP contribution in [0.15, 0.2) is 36.5 Å². The first-order chi connectivity index (χ1) is 11.1. The largest absolute Gasteiger partial charge is 0.383 e. The lowest BCUT2D eigenvalue weighted by Gasteiger charge is -2.37. The zero-order valence-corrected chi connectivity index (χ0v) is 13.6. The lowest BCUT2D eigenvalue weighted by molar-refractivity contribution is 0.103. The minimum Gasteiger partial charge on any atom is -0.383 e. The molecular formula is C18H22N4O. The van der Waals surface area contributed by atoms with Crippen molar-refractivity contribution in [2.75, 3.05) is 17.2 Å². The summed E-state index contributed by atoms with van der Waals surface area (Å²) in [4.78, 5) is 23.5. The Bertz CT molecular complexity index is 716. The Morgan fingerprint density at radius 3 is 2.83 bits per heavy atom. The van der Waals surface area contributed by atoms with E-state index in [2.05, 4.69) is 28.7 Å². The predicted molar refractivity (Wildman–Crippen MR) is 91.5 cm³/mol. The van der Waals surface area contributed by atoms with E-state index in [0.29, 0.717) is 23.2 Å². The summed E-state index contributed by atoms with van der Waals surface area (Å²) in [6.45, 7) is 5.44. The number of ketones is 1. The van der Waals surface area contributed by atoms with Gasteiger partial charge < -0.3 is 10.6 Å². The molecule has 3 heterocycles. The Morgan fingerprint density at radius 1 is 1.22 bits per heavy atom. The van der Waals surface area contributed by atoms with Gasteiger partial charge in [0, 0.05) is 18.8 Å². The quantitative estimate of drug-likeness (QED) is 0.883. The number of nitrogens with two attached hydrogens (primary N) is 1. The number of carbonyl (C=O) groups is 1. The molecule has 2 atom stereocenters. The maximum Gasteiger partial charge on any atom is 0.215 e. The van der Waals surface area contributed by atoms with Gasteiger partial charge in [0.1, 0.15) is 17.3 Å². The Hall–Kier alpha value is -2.43. The highest BCUT2D eigenvalue weighted by atomic mass is 16.1. The monoisotopic (exact) mass is 310 g/mol. The molecule has 0 saturated carbocycles. The molecular weight excluding hydrogens is 288 g/mol. The number of pyridine rings is 2. The highest BCUT2D eigenvalue weighted by Crippen LogP contribution is 2.26. The second kappa shape index (κ2) is 6.36. The molecule has 2 N–H and O–H groups in total. The van der Waals surface area contributed by atoms with Crippen LogP contribution >= 0.6 is 0 Å². The fraction of sp³-hybridized carbons (Fsp3) is 0.389. The van der Waals surface area contributed by atoms with Crippen molar-refractivity contribution in [2.45, 2.75) is 32.7 Å². The van der Waals surface area contributed by atoms with E-state index in [-0.39, 0.29) is 11.6 Å². The molecule has 0 aliphatic carbocycles. The number of piperidine rings is 1. The van der Waals surface area contributed by atoms with E-state index in [9.17, 15) is 4.79 Å². The maximum absolute atomic E-state index is 12.6. The van der Waals surface area contributed by atoms with E-state index >= 15 is 0 Å². The first kappa shape index (κ1) is 15.5. The van der Waals surface area contributed by atoms with Crippen LogP contribution in [-0.4, -0.2) is 28.3 Å². The number of hydrogen-bond acceptors (Lipinski definition) is 5. The highest BCUT2D eigenvalue weighted by molar-refractivity contribution is 6.10. The first-order valence-corrected chi connectivity index (χ1v) is 8.05. The van der Waals surface area contributed by atoms with E-state index in [1.807, 2.05) is 12.1 Å². The molecule has 1 saturated heterocycles. The second-order valence-electron chi connectivity index (χ2n) is 6.33. The summed E-state index contributed by atoms with van der Waals surface area (Å²) in [5.41, 5.74) is 6.62. The Morgan fingerprint density at radius 2 is 2.04 bits per heavy atom. The average molecular weight is 310 g/mol. The van der Waals surface area contributed by atoms with Crippen LogP contribution in [0.5, 0.6) is 0 Å². The normalized spacial score (nSPS) is 21.2. The fourth-order valence-electron chi connectivity index (χ4n) is 3.07. The Balaban J connectivity index is 1.91. The highest BCUT2D eigenvalue weighted by Gasteiger charge is 2.24. The molecule has 0 aromatic carbocycles. The molecule has 120 valence electrons. The summed E-state index contributed by atoms with van der Waals surface area (Å²) < 4.78 is 0. The number of carbonyl (C=O) groups excluding carboxylic acids is 1. The molecule has 1 aliphatic rings. The molecule has 5 heteroatoms. The molecule has 0 amide bonds. The maximum atomic E-state index is 12.6. The molecule has 0 radical (unpaired) electrons. The van der Waals surface area contributed by atoms with Crippen molar-refractivity contribution in [2.24, 2.45) is 5.92 Å². The summed E-state index contributed by atoms with van der Waals surface area (Å²) in [5, 5.41) is 0. The van der Waals surface area contributed by atoms with E-state index in [1.54, 1.807) is 24.4 Å². The van der Waals surface area contributed by atoms with Crippen LogP contribution in [0.1, 0.15) is 42.7 Å². The number of hydrogen-bond donors (Lipinski definition) is 1. The smallest absolute Gasteiger partial charge is 0.215 e. The minimum absolute atomic E-state index is 0.185. The van der Waals surface area contributed by atoms with Gasteiger partial charge in [0.05, 0.1) is 5.56 Å². The zero-order valence-electron chi connectivity index (χ0n) is 13.6. The molecule has 1 fully saturated rings. The van der Waals surface area contributed by atoms with Crippen LogP contribution in [0.2, 0.25) is 0 Å². The van der Waals surface area contributed by atoms with Crippen molar-refractivity contribution in [3.05, 3.63) is 47.8 Å². The number of nitrogens with zero attached hydrogens (tertiary/aromatic N) is 3. The summed E-state index contributed by atoms with van der Waals surface area (Å²) in [7, 11) is 0. The van der Waals surface area contributed by atoms with Gasteiger partial charge in [-0.3, -0.25) is 4.79 Å². The summed E-state index contributed by atoms with van der Waals surface area (Å²) >= 11 is 0. The van der Waals surface area contributed by atoms with Gasteiger partial charge in [-0.05, 0) is 49.9 Å². The van der Waals surface area contributed by atoms with Crippen molar-refractivity contribution in [1.29, 1.82) is 0 Å². The predicted octanol–water partition coefficient (Wildman–Crippen LogP) is 2.91. The zero-order chi connectivity index (χ0) is 16.4. The number of nitrogen functional groups attached to an aromatic ring is 1. The first-order valence-electron chi connectivity index (χ1n) is 8.05. The summed E-state index contributed by atoms with van der Waals surface area (Å²) in [6, 6.07) is 9.42. The van der Waals surface area contributed by atoms with Crippen LogP contribution in [0.3, 0.4) is 0 Å². The molecule has 0 bridgehead atoms. The third-order valence-electron chi connectivity index (χ3n) is 4.46. The average Bonchev–Trinajstić information content (AvgIpc) is 2.57. The van der Waals surface area contributed by atoms with Gasteiger partial charge in [0.15, 0.2) is 0 Å². The topological polar surface area (TPSA) is 72.1 Å². The molecule has 5 nitrogen and oxygen atoms in total. The molecule has 23 heavy (non-hydrogen) atoms. The summed E-state index contributed by atoms with van der Waals surface area (Å²) in [6.07, 6.45) is 3.96. The van der Waals surface area contributed by atoms with E-state index in [4.69, 9.17) is 5.73 Å². The van der Waals surface area contributed by atoms with E-state index < -0.39 is 0 Å². The standard InChI is InChI=1S/C18H22N4O/c1-12-8-9-13(2)22(11-12)16-7-3-6-15(21-16)17(23)14-5-4-10-20-18(14)19/h3-7,10,12-13H,8-9,11H2,1-2H3,(H2,19,20)/t12-,13+/m1/s1. The number of rotatable bonds is 3. The summed E-state index contributed by atoms with van der Waals surface area (Å²) in [5.74, 6) is 1.55. The van der Waals surface area contributed by atoms with Gasteiger partial charge in [-0.2, -0.15) is 0 Å². The van der Waals surface area contributed by atoms with E-state index in [1.165, 1.54) is 6.42 Å². The second-order valence-corrected chi connectivity index (χ2v) is 6.33. The lowest BCUT2D eigenvalue weighted by Crippen LogP contribution is -2.41. The van der Waals surface area contributed by atoms with Gasteiger partial charge in [0.2, 0.25) is 5.78 Å². The van der Waals surface area contributed by atoms with Crippen LogP contribution in [0.25, 0.3) is 0 Å². The Labute approximate surface area is 136 Å². The van der Waals surface area contributed by atoms with Gasteiger partial charge in [-0.1, -0.05) is 13.0 Å². The Kier molecular flexibility index (Phi) is 4.28. The van der Waals surface area contributed by atoms with Gasteiger partial charge in [0.25, 0.3) is 0 Å². The van der Waals surface area contributed by atoms with Crippen molar-refractivity contribution in [1.82, 2.24) is 9.97 Å². The minimum atomic E-state index is -0.185.